The third kappa shape index (κ3) is 4.01. The monoisotopic (exact) mass is 284 g/mol. The molecule has 0 aromatic heterocycles. The van der Waals surface area contributed by atoms with Crippen molar-refractivity contribution in [1.29, 1.82) is 0 Å². The van der Waals surface area contributed by atoms with Gasteiger partial charge in [0.05, 0.1) is 0 Å². The van der Waals surface area contributed by atoms with Gasteiger partial charge in [-0.25, -0.2) is 0 Å². The third-order valence-electron chi connectivity index (χ3n) is 3.76. The minimum absolute atomic E-state index is 0.318. The summed E-state index contributed by atoms with van der Waals surface area (Å²) >= 11 is 0. The largest absolute Gasteiger partial charge is 0.508 e. The van der Waals surface area contributed by atoms with E-state index in [9.17, 15) is 10.2 Å². The molecule has 0 aliphatic heterocycles. The maximum Gasteiger partial charge on any atom is 0.119 e. The van der Waals surface area contributed by atoms with Gasteiger partial charge in [0, 0.05) is 6.42 Å². The van der Waals surface area contributed by atoms with E-state index in [-0.39, 0.29) is 0 Å². The molecule has 0 aliphatic carbocycles. The second-order valence-electron chi connectivity index (χ2n) is 5.60. The summed E-state index contributed by atoms with van der Waals surface area (Å²) in [5.41, 5.74) is 4.02. The molecule has 2 nitrogen and oxygen atoms in total. The van der Waals surface area contributed by atoms with Crippen molar-refractivity contribution in [3.05, 3.63) is 58.7 Å². The highest BCUT2D eigenvalue weighted by Gasteiger charge is 2.08. The molecule has 2 heteroatoms. The summed E-state index contributed by atoms with van der Waals surface area (Å²) < 4.78 is 0. The summed E-state index contributed by atoms with van der Waals surface area (Å²) in [7, 11) is 0. The van der Waals surface area contributed by atoms with E-state index in [4.69, 9.17) is 0 Å². The Morgan fingerprint density at radius 2 is 1.14 bits per heavy atom. The van der Waals surface area contributed by atoms with Crippen LogP contribution >= 0.6 is 0 Å². The third-order valence-corrected chi connectivity index (χ3v) is 3.76. The molecule has 0 fully saturated rings. The minimum Gasteiger partial charge on any atom is -0.508 e. The average Bonchev–Trinajstić information content (AvgIpc) is 2.45. The van der Waals surface area contributed by atoms with Crippen LogP contribution < -0.4 is 0 Å². The highest BCUT2D eigenvalue weighted by atomic mass is 16.3. The van der Waals surface area contributed by atoms with Gasteiger partial charge < -0.3 is 10.2 Å². The predicted molar refractivity (Wildman–Crippen MR) is 87.0 cm³/mol. The van der Waals surface area contributed by atoms with Crippen molar-refractivity contribution in [2.24, 2.45) is 0 Å². The van der Waals surface area contributed by atoms with E-state index in [1.165, 1.54) is 0 Å². The fourth-order valence-electron chi connectivity index (χ4n) is 2.61. The van der Waals surface area contributed by atoms with Gasteiger partial charge in [-0.2, -0.15) is 0 Å². The quantitative estimate of drug-likeness (QED) is 0.814. The van der Waals surface area contributed by atoms with Crippen molar-refractivity contribution in [2.75, 3.05) is 0 Å². The van der Waals surface area contributed by atoms with Crippen molar-refractivity contribution in [3.8, 4) is 11.5 Å². The van der Waals surface area contributed by atoms with Gasteiger partial charge >= 0.3 is 0 Å². The molecule has 0 saturated carbocycles. The topological polar surface area (TPSA) is 40.5 Å². The Kier molecular flexibility index (Phi) is 5.26. The highest BCUT2D eigenvalue weighted by molar-refractivity contribution is 5.44. The summed E-state index contributed by atoms with van der Waals surface area (Å²) in [4.78, 5) is 0. The number of benzene rings is 2. The van der Waals surface area contributed by atoms with Gasteiger partial charge in [-0.15, -0.1) is 0 Å². The molecule has 0 unspecified atom stereocenters. The number of aryl methyl sites for hydroxylation is 2. The summed E-state index contributed by atoms with van der Waals surface area (Å²) in [6.07, 6.45) is 4.64. The van der Waals surface area contributed by atoms with Crippen LogP contribution in [0.5, 0.6) is 11.5 Å². The first-order chi connectivity index (χ1) is 10.1. The Bertz CT molecular complexity index is 549. The fourth-order valence-corrected chi connectivity index (χ4v) is 2.61. The Labute approximate surface area is 127 Å². The van der Waals surface area contributed by atoms with E-state index in [1.54, 1.807) is 0 Å². The van der Waals surface area contributed by atoms with Crippen LogP contribution in [0.15, 0.2) is 36.4 Å². The van der Waals surface area contributed by atoms with Gasteiger partial charge in [-0.05, 0) is 47.2 Å². The number of hydrogen-bond donors (Lipinski definition) is 2. The molecular formula is C19H24O2. The predicted octanol–water partition coefficient (Wildman–Crippen LogP) is 4.59. The van der Waals surface area contributed by atoms with Crippen LogP contribution in [-0.2, 0) is 19.3 Å². The molecule has 0 spiro atoms. The van der Waals surface area contributed by atoms with Gasteiger partial charge in [-0.3, -0.25) is 0 Å². The van der Waals surface area contributed by atoms with Gasteiger partial charge in [0.1, 0.15) is 11.5 Å². The second-order valence-corrected chi connectivity index (χ2v) is 5.60. The van der Waals surface area contributed by atoms with Crippen LogP contribution in [0.25, 0.3) is 0 Å². The van der Waals surface area contributed by atoms with E-state index < -0.39 is 0 Å². The van der Waals surface area contributed by atoms with E-state index in [0.717, 1.165) is 47.9 Å². The van der Waals surface area contributed by atoms with Gasteiger partial charge in [0.25, 0.3) is 0 Å². The first-order valence-electron chi connectivity index (χ1n) is 7.75. The zero-order chi connectivity index (χ0) is 15.2. The van der Waals surface area contributed by atoms with Crippen molar-refractivity contribution >= 4 is 0 Å². The Morgan fingerprint density at radius 1 is 0.714 bits per heavy atom. The molecule has 112 valence electrons. The molecular weight excluding hydrogens is 260 g/mol. The number of rotatable bonds is 6. The summed E-state index contributed by atoms with van der Waals surface area (Å²) in [6.45, 7) is 4.25. The first-order valence-corrected chi connectivity index (χ1v) is 7.75. The van der Waals surface area contributed by atoms with Crippen LogP contribution in [0.4, 0.5) is 0 Å². The standard InChI is InChI=1S/C19H24O2/c1-3-5-14-7-9-16(18(20)11-14)13-17-10-8-15(6-4-2)12-19(17)21/h7-12,20-21H,3-6,13H2,1-2H3. The zero-order valence-corrected chi connectivity index (χ0v) is 12.9. The molecule has 0 saturated heterocycles. The number of phenolic OH excluding ortho intramolecular Hbond substituents is 2. The number of phenols is 2. The van der Waals surface area contributed by atoms with E-state index in [2.05, 4.69) is 26.0 Å². The zero-order valence-electron chi connectivity index (χ0n) is 12.9. The minimum atomic E-state index is 0.318. The second kappa shape index (κ2) is 7.16. The molecule has 0 radical (unpaired) electrons. The van der Waals surface area contributed by atoms with Crippen molar-refractivity contribution in [1.82, 2.24) is 0 Å². The number of hydrogen-bond acceptors (Lipinski definition) is 2. The lowest BCUT2D eigenvalue weighted by atomic mass is 9.98. The van der Waals surface area contributed by atoms with Crippen molar-refractivity contribution in [2.45, 2.75) is 46.0 Å². The van der Waals surface area contributed by atoms with E-state index in [0.29, 0.717) is 17.9 Å². The molecule has 21 heavy (non-hydrogen) atoms. The normalized spacial score (nSPS) is 10.8. The fraction of sp³-hybridized carbons (Fsp3) is 0.368. The Hall–Kier alpha value is -1.96. The molecule has 2 rings (SSSR count). The molecule has 2 N–H and O–H groups in total. The lowest BCUT2D eigenvalue weighted by Crippen LogP contribution is -1.93. The smallest absolute Gasteiger partial charge is 0.119 e. The molecule has 0 heterocycles. The van der Waals surface area contributed by atoms with Crippen LogP contribution in [-0.4, -0.2) is 10.2 Å². The van der Waals surface area contributed by atoms with Crippen molar-refractivity contribution in [3.63, 3.8) is 0 Å². The maximum atomic E-state index is 10.1. The average molecular weight is 284 g/mol. The lowest BCUT2D eigenvalue weighted by molar-refractivity contribution is 0.462. The molecule has 0 bridgehead atoms. The molecule has 2 aromatic rings. The van der Waals surface area contributed by atoms with Crippen molar-refractivity contribution < 1.29 is 10.2 Å². The maximum absolute atomic E-state index is 10.1. The van der Waals surface area contributed by atoms with E-state index >= 15 is 0 Å². The molecule has 0 aliphatic rings. The van der Waals surface area contributed by atoms with Gasteiger partial charge in [0.15, 0.2) is 0 Å². The summed E-state index contributed by atoms with van der Waals surface area (Å²) in [5.74, 6) is 0.635. The first kappa shape index (κ1) is 15.4. The molecule has 2 aromatic carbocycles. The van der Waals surface area contributed by atoms with Crippen LogP contribution in [0.1, 0.15) is 48.9 Å². The van der Waals surface area contributed by atoms with Crippen LogP contribution in [0, 0.1) is 0 Å². The van der Waals surface area contributed by atoms with E-state index in [1.807, 2.05) is 24.3 Å². The lowest BCUT2D eigenvalue weighted by Gasteiger charge is -2.10. The van der Waals surface area contributed by atoms with Crippen LogP contribution in [0.3, 0.4) is 0 Å². The van der Waals surface area contributed by atoms with Gasteiger partial charge in [-0.1, -0.05) is 51.0 Å². The molecule has 0 amide bonds. The summed E-state index contributed by atoms with van der Waals surface area (Å²) in [6, 6.07) is 11.7. The van der Waals surface area contributed by atoms with Crippen LogP contribution in [0.2, 0.25) is 0 Å². The summed E-state index contributed by atoms with van der Waals surface area (Å²) in [5, 5.41) is 20.3. The van der Waals surface area contributed by atoms with Gasteiger partial charge in [0.2, 0.25) is 0 Å². The Balaban J connectivity index is 2.18. The Morgan fingerprint density at radius 3 is 1.48 bits per heavy atom. The number of aromatic hydroxyl groups is 2. The SMILES string of the molecule is CCCc1ccc(Cc2ccc(CCC)cc2O)c(O)c1. The highest BCUT2D eigenvalue weighted by Crippen LogP contribution is 2.27. The molecule has 0 atom stereocenters.